The van der Waals surface area contributed by atoms with E-state index in [1.807, 2.05) is 31.2 Å². The van der Waals surface area contributed by atoms with Crippen molar-refractivity contribution in [2.75, 3.05) is 7.11 Å². The monoisotopic (exact) mass is 279 g/mol. The van der Waals surface area contributed by atoms with Gasteiger partial charge in [0.1, 0.15) is 5.75 Å². The lowest BCUT2D eigenvalue weighted by atomic mass is 10.1. The molecule has 0 radical (unpaired) electrons. The van der Waals surface area contributed by atoms with Crippen LogP contribution in [0.25, 0.3) is 0 Å². The second-order valence-electron chi connectivity index (χ2n) is 4.62. The summed E-state index contributed by atoms with van der Waals surface area (Å²) in [7, 11) is 1.61. The van der Waals surface area contributed by atoms with Gasteiger partial charge in [0, 0.05) is 12.5 Å². The summed E-state index contributed by atoms with van der Waals surface area (Å²) in [5.74, 6) is -0.230. The van der Waals surface area contributed by atoms with E-state index in [2.05, 4.69) is 5.32 Å². The Kier molecular flexibility index (Phi) is 6.56. The van der Waals surface area contributed by atoms with Crippen molar-refractivity contribution in [3.63, 3.8) is 0 Å². The first kappa shape index (κ1) is 16.0. The minimum absolute atomic E-state index is 0.0369. The molecule has 110 valence electrons. The number of amides is 1. The highest BCUT2D eigenvalue weighted by Crippen LogP contribution is 2.12. The molecule has 1 aromatic rings. The van der Waals surface area contributed by atoms with Crippen molar-refractivity contribution in [1.29, 1.82) is 0 Å². The van der Waals surface area contributed by atoms with E-state index < -0.39 is 5.97 Å². The Morgan fingerprint density at radius 2 is 1.95 bits per heavy atom. The molecule has 1 aromatic carbocycles. The number of hydrogen-bond acceptors (Lipinski definition) is 3. The summed E-state index contributed by atoms with van der Waals surface area (Å²) in [5, 5.41) is 11.5. The fourth-order valence-electron chi connectivity index (χ4n) is 1.86. The summed E-state index contributed by atoms with van der Waals surface area (Å²) in [5.41, 5.74) is 1.05. The normalized spacial score (nSPS) is 11.7. The maximum atomic E-state index is 11.8. The zero-order chi connectivity index (χ0) is 15.0. The molecule has 5 nitrogen and oxygen atoms in total. The fraction of sp³-hybridized carbons (Fsp3) is 0.467. The number of ether oxygens (including phenoxy) is 1. The quantitative estimate of drug-likeness (QED) is 0.763. The van der Waals surface area contributed by atoms with Crippen LogP contribution in [0.1, 0.15) is 31.7 Å². The lowest BCUT2D eigenvalue weighted by Crippen LogP contribution is -2.36. The first-order valence-electron chi connectivity index (χ1n) is 6.69. The van der Waals surface area contributed by atoms with Gasteiger partial charge in [-0.05, 0) is 30.5 Å². The standard InChI is InChI=1S/C15H21NO4/c1-3-12(10-15(18)19)16-14(17)9-6-11-4-7-13(20-2)8-5-11/h4-5,7-8,12H,3,6,9-10H2,1-2H3,(H,16,17)(H,18,19). The minimum Gasteiger partial charge on any atom is -0.497 e. The molecule has 0 fully saturated rings. The molecule has 0 heterocycles. The van der Waals surface area contributed by atoms with Crippen LogP contribution in [0.5, 0.6) is 5.75 Å². The molecule has 1 unspecified atom stereocenters. The number of benzene rings is 1. The largest absolute Gasteiger partial charge is 0.497 e. The molecule has 0 saturated heterocycles. The third-order valence-corrected chi connectivity index (χ3v) is 3.08. The van der Waals surface area contributed by atoms with Crippen LogP contribution in [0.4, 0.5) is 0 Å². The molecule has 0 bridgehead atoms. The smallest absolute Gasteiger partial charge is 0.305 e. The molecule has 0 aliphatic heterocycles. The van der Waals surface area contributed by atoms with E-state index >= 15 is 0 Å². The maximum Gasteiger partial charge on any atom is 0.305 e. The SMILES string of the molecule is CCC(CC(=O)O)NC(=O)CCc1ccc(OC)cc1. The van der Waals surface area contributed by atoms with Gasteiger partial charge in [0.25, 0.3) is 0 Å². The Balaban J connectivity index is 2.39. The van der Waals surface area contributed by atoms with E-state index in [1.165, 1.54) is 0 Å². The Hall–Kier alpha value is -2.04. The van der Waals surface area contributed by atoms with Crippen LogP contribution in [0, 0.1) is 0 Å². The molecule has 1 amide bonds. The fourth-order valence-corrected chi connectivity index (χ4v) is 1.86. The van der Waals surface area contributed by atoms with Gasteiger partial charge in [-0.25, -0.2) is 0 Å². The highest BCUT2D eigenvalue weighted by Gasteiger charge is 2.13. The van der Waals surface area contributed by atoms with Gasteiger partial charge in [0.05, 0.1) is 13.5 Å². The van der Waals surface area contributed by atoms with Crippen LogP contribution < -0.4 is 10.1 Å². The number of rotatable bonds is 8. The highest BCUT2D eigenvalue weighted by atomic mass is 16.5. The van der Waals surface area contributed by atoms with E-state index in [0.717, 1.165) is 11.3 Å². The van der Waals surface area contributed by atoms with Crippen LogP contribution in [-0.4, -0.2) is 30.1 Å². The Labute approximate surface area is 118 Å². The minimum atomic E-state index is -0.896. The molecule has 0 spiro atoms. The average molecular weight is 279 g/mol. The van der Waals surface area contributed by atoms with Gasteiger partial charge in [-0.3, -0.25) is 9.59 Å². The number of nitrogens with one attached hydrogen (secondary N) is 1. The van der Waals surface area contributed by atoms with Gasteiger partial charge in [-0.1, -0.05) is 19.1 Å². The van der Waals surface area contributed by atoms with Crippen molar-refractivity contribution in [2.24, 2.45) is 0 Å². The molecular formula is C15H21NO4. The molecular weight excluding hydrogens is 258 g/mol. The molecule has 1 rings (SSSR count). The van der Waals surface area contributed by atoms with Gasteiger partial charge in [0.15, 0.2) is 0 Å². The Bertz CT molecular complexity index is 442. The van der Waals surface area contributed by atoms with Crippen molar-refractivity contribution in [1.82, 2.24) is 5.32 Å². The first-order chi connectivity index (χ1) is 9.55. The van der Waals surface area contributed by atoms with Crippen molar-refractivity contribution in [3.05, 3.63) is 29.8 Å². The number of aryl methyl sites for hydroxylation is 1. The molecule has 0 aromatic heterocycles. The number of aliphatic carboxylic acids is 1. The van der Waals surface area contributed by atoms with Crippen LogP contribution >= 0.6 is 0 Å². The van der Waals surface area contributed by atoms with Gasteiger partial charge < -0.3 is 15.2 Å². The van der Waals surface area contributed by atoms with Crippen molar-refractivity contribution < 1.29 is 19.4 Å². The number of carboxylic acids is 1. The Morgan fingerprint density at radius 1 is 1.30 bits per heavy atom. The topological polar surface area (TPSA) is 75.6 Å². The highest BCUT2D eigenvalue weighted by molar-refractivity contribution is 5.77. The van der Waals surface area contributed by atoms with Crippen molar-refractivity contribution in [3.8, 4) is 5.75 Å². The van der Waals surface area contributed by atoms with E-state index in [1.54, 1.807) is 7.11 Å². The molecule has 20 heavy (non-hydrogen) atoms. The van der Waals surface area contributed by atoms with Crippen molar-refractivity contribution >= 4 is 11.9 Å². The average Bonchev–Trinajstić information content (AvgIpc) is 2.44. The maximum absolute atomic E-state index is 11.8. The number of carbonyl (C=O) groups is 2. The van der Waals surface area contributed by atoms with E-state index in [0.29, 0.717) is 19.3 Å². The van der Waals surface area contributed by atoms with Crippen LogP contribution in [0.3, 0.4) is 0 Å². The summed E-state index contributed by atoms with van der Waals surface area (Å²) >= 11 is 0. The predicted molar refractivity (Wildman–Crippen MR) is 75.8 cm³/mol. The van der Waals surface area contributed by atoms with Gasteiger partial charge in [0.2, 0.25) is 5.91 Å². The van der Waals surface area contributed by atoms with Crippen LogP contribution in [0.15, 0.2) is 24.3 Å². The van der Waals surface area contributed by atoms with Crippen molar-refractivity contribution in [2.45, 2.75) is 38.6 Å². The molecule has 0 aliphatic rings. The van der Waals surface area contributed by atoms with E-state index in [4.69, 9.17) is 9.84 Å². The summed E-state index contributed by atoms with van der Waals surface area (Å²) in [6.07, 6.45) is 1.55. The second kappa shape index (κ2) is 8.19. The molecule has 0 saturated carbocycles. The third-order valence-electron chi connectivity index (χ3n) is 3.08. The number of hydrogen-bond donors (Lipinski definition) is 2. The number of methoxy groups -OCH3 is 1. The summed E-state index contributed by atoms with van der Waals surface area (Å²) in [4.78, 5) is 22.4. The van der Waals surface area contributed by atoms with Crippen LogP contribution in [0.2, 0.25) is 0 Å². The number of carbonyl (C=O) groups excluding carboxylic acids is 1. The van der Waals surface area contributed by atoms with E-state index in [-0.39, 0.29) is 18.4 Å². The molecule has 2 N–H and O–H groups in total. The molecule has 0 aliphatic carbocycles. The van der Waals surface area contributed by atoms with Gasteiger partial charge >= 0.3 is 5.97 Å². The third kappa shape index (κ3) is 5.73. The summed E-state index contributed by atoms with van der Waals surface area (Å²) < 4.78 is 5.06. The van der Waals surface area contributed by atoms with Gasteiger partial charge in [-0.15, -0.1) is 0 Å². The summed E-state index contributed by atoms with van der Waals surface area (Å²) in [6.45, 7) is 1.86. The second-order valence-corrected chi connectivity index (χ2v) is 4.62. The summed E-state index contributed by atoms with van der Waals surface area (Å²) in [6, 6.07) is 7.25. The van der Waals surface area contributed by atoms with Gasteiger partial charge in [-0.2, -0.15) is 0 Å². The Morgan fingerprint density at radius 3 is 2.45 bits per heavy atom. The van der Waals surface area contributed by atoms with E-state index in [9.17, 15) is 9.59 Å². The first-order valence-corrected chi connectivity index (χ1v) is 6.69. The zero-order valence-corrected chi connectivity index (χ0v) is 11.9. The predicted octanol–water partition coefficient (Wildman–Crippen LogP) is 2.00. The lowest BCUT2D eigenvalue weighted by molar-refractivity contribution is -0.137. The zero-order valence-electron chi connectivity index (χ0n) is 11.9. The van der Waals surface area contributed by atoms with Crippen LogP contribution in [-0.2, 0) is 16.0 Å². The molecule has 5 heteroatoms. The lowest BCUT2D eigenvalue weighted by Gasteiger charge is -2.14. The number of carboxylic acid groups (broad SMARTS) is 1. The molecule has 1 atom stereocenters.